The van der Waals surface area contributed by atoms with Crippen molar-refractivity contribution in [2.45, 2.75) is 32.2 Å². The van der Waals surface area contributed by atoms with Crippen LogP contribution in [0.15, 0.2) is 6.07 Å². The van der Waals surface area contributed by atoms with Crippen molar-refractivity contribution in [3.63, 3.8) is 0 Å². The first-order chi connectivity index (χ1) is 9.86. The zero-order chi connectivity index (χ0) is 15.7. The average molecular weight is 333 g/mol. The predicted molar refractivity (Wildman–Crippen MR) is 80.9 cm³/mol. The number of carboxylic acid groups (broad SMARTS) is 1. The number of carbonyl (C=O) groups excluding carboxylic acids is 1. The quantitative estimate of drug-likeness (QED) is 0.925. The van der Waals surface area contributed by atoms with Gasteiger partial charge in [-0.3, -0.25) is 4.79 Å². The van der Waals surface area contributed by atoms with Crippen LogP contribution in [0.1, 0.15) is 36.7 Å². The lowest BCUT2D eigenvalue weighted by Gasteiger charge is -2.37. The van der Waals surface area contributed by atoms with E-state index >= 15 is 0 Å². The van der Waals surface area contributed by atoms with E-state index in [1.165, 1.54) is 15.5 Å². The summed E-state index contributed by atoms with van der Waals surface area (Å²) in [5, 5.41) is 9.96. The number of likely N-dealkylation sites (tertiary alicyclic amines) is 1. The van der Waals surface area contributed by atoms with Crippen LogP contribution in [0.3, 0.4) is 0 Å². The lowest BCUT2D eigenvalue weighted by molar-refractivity contribution is -0.144. The number of hydrogen-bond donors (Lipinski definition) is 1. The zero-order valence-corrected chi connectivity index (χ0v) is 13.5. The van der Waals surface area contributed by atoms with Gasteiger partial charge >= 0.3 is 5.97 Å². The van der Waals surface area contributed by atoms with Gasteiger partial charge in [0.05, 0.1) is 5.02 Å². The minimum atomic E-state index is -0.965. The monoisotopic (exact) mass is 332 g/mol. The van der Waals surface area contributed by atoms with Crippen molar-refractivity contribution in [2.75, 3.05) is 6.54 Å². The molecule has 1 saturated heterocycles. The third kappa shape index (κ3) is 3.04. The predicted octanol–water partition coefficient (Wildman–Crippen LogP) is 3.05. The number of rotatable bonds is 3. The molecule has 5 nitrogen and oxygen atoms in total. The highest BCUT2D eigenvalue weighted by molar-refractivity contribution is 6.41. The van der Waals surface area contributed by atoms with Crippen molar-refractivity contribution in [2.24, 2.45) is 13.0 Å². The molecule has 1 aliphatic heterocycles. The van der Waals surface area contributed by atoms with Gasteiger partial charge in [-0.2, -0.15) is 0 Å². The Morgan fingerprint density at radius 3 is 2.57 bits per heavy atom. The van der Waals surface area contributed by atoms with E-state index in [2.05, 4.69) is 0 Å². The molecule has 116 valence electrons. The minimum absolute atomic E-state index is 0.273. The van der Waals surface area contributed by atoms with Crippen molar-refractivity contribution < 1.29 is 14.7 Å². The van der Waals surface area contributed by atoms with E-state index in [1.54, 1.807) is 7.05 Å². The van der Waals surface area contributed by atoms with E-state index < -0.39 is 12.0 Å². The molecule has 1 fully saturated rings. The molecule has 1 aromatic rings. The molecule has 1 aromatic heterocycles. The van der Waals surface area contributed by atoms with Gasteiger partial charge in [0.2, 0.25) is 0 Å². The second-order valence-corrected chi connectivity index (χ2v) is 6.14. The van der Waals surface area contributed by atoms with Crippen LogP contribution in [0.5, 0.6) is 0 Å². The fourth-order valence-electron chi connectivity index (χ4n) is 2.78. The molecular formula is C14H18Cl2N2O3. The molecule has 2 atom stereocenters. The van der Waals surface area contributed by atoms with Crippen LogP contribution in [0.2, 0.25) is 10.2 Å². The van der Waals surface area contributed by atoms with E-state index in [4.69, 9.17) is 23.2 Å². The molecule has 2 rings (SSSR count). The normalized spacial score (nSPS) is 22.4. The Morgan fingerprint density at radius 2 is 2.10 bits per heavy atom. The Morgan fingerprint density at radius 1 is 1.43 bits per heavy atom. The number of halogens is 2. The summed E-state index contributed by atoms with van der Waals surface area (Å²) < 4.78 is 1.48. The van der Waals surface area contributed by atoms with E-state index in [0.717, 1.165) is 12.8 Å². The number of aromatic nitrogens is 1. The van der Waals surface area contributed by atoms with Gasteiger partial charge in [0, 0.05) is 13.6 Å². The maximum absolute atomic E-state index is 12.6. The van der Waals surface area contributed by atoms with Gasteiger partial charge in [-0.15, -0.1) is 0 Å². The van der Waals surface area contributed by atoms with Gasteiger partial charge in [0.15, 0.2) is 0 Å². The van der Waals surface area contributed by atoms with E-state index in [-0.39, 0.29) is 16.1 Å². The lowest BCUT2D eigenvalue weighted by atomic mass is 9.88. The van der Waals surface area contributed by atoms with E-state index in [1.807, 2.05) is 6.92 Å². The summed E-state index contributed by atoms with van der Waals surface area (Å²) in [6.07, 6.45) is 2.23. The summed E-state index contributed by atoms with van der Waals surface area (Å²) >= 11 is 11.9. The minimum Gasteiger partial charge on any atom is -0.480 e. The Kier molecular flexibility index (Phi) is 4.84. The molecule has 7 heteroatoms. The Bertz CT molecular complexity index is 571. The van der Waals surface area contributed by atoms with Crippen LogP contribution >= 0.6 is 23.2 Å². The maximum atomic E-state index is 12.6. The van der Waals surface area contributed by atoms with E-state index in [9.17, 15) is 14.7 Å². The maximum Gasteiger partial charge on any atom is 0.326 e. The first-order valence-corrected chi connectivity index (χ1v) is 7.66. The first-order valence-electron chi connectivity index (χ1n) is 6.91. The third-order valence-corrected chi connectivity index (χ3v) is 5.01. The molecule has 1 N–H and O–H groups in total. The highest BCUT2D eigenvalue weighted by Crippen LogP contribution is 2.30. The average Bonchev–Trinajstić information content (AvgIpc) is 2.73. The zero-order valence-electron chi connectivity index (χ0n) is 12.0. The van der Waals surface area contributed by atoms with E-state index in [0.29, 0.717) is 24.6 Å². The summed E-state index contributed by atoms with van der Waals surface area (Å²) in [6, 6.07) is 0.695. The molecule has 0 spiro atoms. The van der Waals surface area contributed by atoms with Gasteiger partial charge in [0.25, 0.3) is 5.91 Å². The second kappa shape index (κ2) is 6.28. The molecule has 1 amide bonds. The molecule has 2 unspecified atom stereocenters. The van der Waals surface area contributed by atoms with Gasteiger partial charge < -0.3 is 14.6 Å². The number of carbonyl (C=O) groups is 2. The smallest absolute Gasteiger partial charge is 0.326 e. The van der Waals surface area contributed by atoms with Gasteiger partial charge in [-0.05, 0) is 24.8 Å². The number of aliphatic carboxylic acids is 1. The van der Waals surface area contributed by atoms with Crippen molar-refractivity contribution in [1.82, 2.24) is 9.47 Å². The highest BCUT2D eigenvalue weighted by atomic mass is 35.5. The SMILES string of the molecule is CCC1CCN(C(=O)c2cc(Cl)c(Cl)n2C)C(C(=O)O)C1. The molecule has 0 bridgehead atoms. The summed E-state index contributed by atoms with van der Waals surface area (Å²) in [4.78, 5) is 25.5. The Hall–Kier alpha value is -1.20. The summed E-state index contributed by atoms with van der Waals surface area (Å²) in [5.74, 6) is -0.961. The molecule has 2 heterocycles. The lowest BCUT2D eigenvalue weighted by Crippen LogP contribution is -2.50. The Balaban J connectivity index is 2.28. The molecule has 0 radical (unpaired) electrons. The van der Waals surface area contributed by atoms with Crippen molar-refractivity contribution in [1.29, 1.82) is 0 Å². The van der Waals surface area contributed by atoms with Crippen LogP contribution in [0.25, 0.3) is 0 Å². The number of amides is 1. The van der Waals surface area contributed by atoms with Gasteiger partial charge in [0.1, 0.15) is 16.9 Å². The fourth-order valence-corrected chi connectivity index (χ4v) is 3.16. The number of nitrogens with zero attached hydrogens (tertiary/aromatic N) is 2. The number of hydrogen-bond acceptors (Lipinski definition) is 2. The summed E-state index contributed by atoms with van der Waals surface area (Å²) in [5.41, 5.74) is 0.311. The molecular weight excluding hydrogens is 315 g/mol. The molecule has 0 aliphatic carbocycles. The van der Waals surface area contributed by atoms with Gasteiger partial charge in [-0.1, -0.05) is 36.5 Å². The Labute approximate surface area is 133 Å². The molecule has 1 aliphatic rings. The molecule has 0 saturated carbocycles. The second-order valence-electron chi connectivity index (χ2n) is 5.38. The molecule has 0 aromatic carbocycles. The van der Waals surface area contributed by atoms with Crippen molar-refractivity contribution >= 4 is 35.1 Å². The van der Waals surface area contributed by atoms with Crippen LogP contribution in [-0.2, 0) is 11.8 Å². The highest BCUT2D eigenvalue weighted by Gasteiger charge is 2.37. The standard InChI is InChI=1S/C14H18Cl2N2O3/c1-3-8-4-5-18(11(6-8)14(20)21)13(19)10-7-9(15)12(16)17(10)2/h7-8,11H,3-6H2,1-2H3,(H,20,21). The number of piperidine rings is 1. The fraction of sp³-hybridized carbons (Fsp3) is 0.571. The number of carboxylic acids is 1. The van der Waals surface area contributed by atoms with Crippen LogP contribution in [0.4, 0.5) is 0 Å². The van der Waals surface area contributed by atoms with Crippen LogP contribution in [-0.4, -0.2) is 39.0 Å². The van der Waals surface area contributed by atoms with Crippen molar-refractivity contribution in [3.8, 4) is 0 Å². The van der Waals surface area contributed by atoms with Crippen LogP contribution < -0.4 is 0 Å². The topological polar surface area (TPSA) is 62.5 Å². The van der Waals surface area contributed by atoms with Gasteiger partial charge in [-0.25, -0.2) is 4.79 Å². The third-order valence-electron chi connectivity index (χ3n) is 4.17. The summed E-state index contributed by atoms with van der Waals surface area (Å²) in [6.45, 7) is 2.48. The first kappa shape index (κ1) is 16.2. The molecule has 21 heavy (non-hydrogen) atoms. The van der Waals surface area contributed by atoms with Crippen molar-refractivity contribution in [3.05, 3.63) is 21.9 Å². The van der Waals surface area contributed by atoms with Crippen LogP contribution in [0, 0.1) is 5.92 Å². The summed E-state index contributed by atoms with van der Waals surface area (Å²) in [7, 11) is 1.63. The largest absolute Gasteiger partial charge is 0.480 e.